The van der Waals surface area contributed by atoms with Gasteiger partial charge in [-0.15, -0.1) is 0 Å². The van der Waals surface area contributed by atoms with Gasteiger partial charge < -0.3 is 15.6 Å². The minimum Gasteiger partial charge on any atom is -0.359 e. The van der Waals surface area contributed by atoms with Gasteiger partial charge in [-0.2, -0.15) is 0 Å². The highest BCUT2D eigenvalue weighted by molar-refractivity contribution is 7.89. The molecule has 0 amide bonds. The first-order chi connectivity index (χ1) is 9.47. The number of anilines is 1. The van der Waals surface area contributed by atoms with Crippen LogP contribution in [-0.4, -0.2) is 31.6 Å². The zero-order valence-electron chi connectivity index (χ0n) is 11.1. The Morgan fingerprint density at radius 1 is 1.40 bits per heavy atom. The lowest BCUT2D eigenvalue weighted by atomic mass is 10.3. The number of benzene rings is 1. The van der Waals surface area contributed by atoms with Crippen molar-refractivity contribution >= 4 is 27.0 Å². The van der Waals surface area contributed by atoms with Crippen LogP contribution >= 0.6 is 0 Å². The van der Waals surface area contributed by atoms with E-state index in [4.69, 9.17) is 10.9 Å². The van der Waals surface area contributed by atoms with Crippen LogP contribution in [0.15, 0.2) is 35.2 Å². The molecule has 108 valence electrons. The SMILES string of the molecule is CNc1nc2cc(S(N)(=O)=O)ccc2n1C/C=C/CN. The zero-order valence-corrected chi connectivity index (χ0v) is 11.9. The molecule has 2 aromatic rings. The fourth-order valence-electron chi connectivity index (χ4n) is 1.94. The first kappa shape index (κ1) is 14.5. The number of sulfonamides is 1. The van der Waals surface area contributed by atoms with Crippen molar-refractivity contribution in [2.24, 2.45) is 10.9 Å². The van der Waals surface area contributed by atoms with Gasteiger partial charge in [-0.3, -0.25) is 0 Å². The minimum absolute atomic E-state index is 0.0507. The molecule has 0 aliphatic heterocycles. The van der Waals surface area contributed by atoms with Crippen LogP contribution in [0.2, 0.25) is 0 Å². The van der Waals surface area contributed by atoms with Gasteiger partial charge in [-0.25, -0.2) is 18.5 Å². The monoisotopic (exact) mass is 295 g/mol. The van der Waals surface area contributed by atoms with Crippen LogP contribution in [-0.2, 0) is 16.6 Å². The maximum atomic E-state index is 11.4. The van der Waals surface area contributed by atoms with Gasteiger partial charge in [0.2, 0.25) is 16.0 Å². The molecule has 0 aliphatic rings. The van der Waals surface area contributed by atoms with E-state index in [2.05, 4.69) is 10.3 Å². The molecule has 7 nitrogen and oxygen atoms in total. The number of hydrogen-bond donors (Lipinski definition) is 3. The molecular weight excluding hydrogens is 278 g/mol. The second-order valence-corrected chi connectivity index (χ2v) is 5.76. The molecule has 0 saturated heterocycles. The third-order valence-corrected chi connectivity index (χ3v) is 3.77. The molecule has 0 saturated carbocycles. The summed E-state index contributed by atoms with van der Waals surface area (Å²) in [5, 5.41) is 8.10. The number of rotatable bonds is 5. The largest absolute Gasteiger partial charge is 0.359 e. The molecule has 1 aromatic carbocycles. The Labute approximate surface area is 117 Å². The molecule has 0 bridgehead atoms. The molecule has 0 fully saturated rings. The number of primary sulfonamides is 1. The number of nitrogens with two attached hydrogens (primary N) is 2. The van der Waals surface area contributed by atoms with Crippen LogP contribution < -0.4 is 16.2 Å². The average molecular weight is 295 g/mol. The molecule has 5 N–H and O–H groups in total. The summed E-state index contributed by atoms with van der Waals surface area (Å²) in [7, 11) is -1.97. The van der Waals surface area contributed by atoms with Crippen LogP contribution in [0.1, 0.15) is 0 Å². The lowest BCUT2D eigenvalue weighted by Gasteiger charge is -2.05. The number of hydrogen-bond acceptors (Lipinski definition) is 5. The maximum absolute atomic E-state index is 11.4. The third-order valence-electron chi connectivity index (χ3n) is 2.86. The van der Waals surface area contributed by atoms with Crippen molar-refractivity contribution in [2.75, 3.05) is 18.9 Å². The van der Waals surface area contributed by atoms with Crippen LogP contribution in [0.25, 0.3) is 11.0 Å². The fraction of sp³-hybridized carbons (Fsp3) is 0.250. The molecule has 1 aromatic heterocycles. The van der Waals surface area contributed by atoms with Crippen molar-refractivity contribution in [1.82, 2.24) is 9.55 Å². The molecule has 1 heterocycles. The highest BCUT2D eigenvalue weighted by Gasteiger charge is 2.13. The van der Waals surface area contributed by atoms with Gasteiger partial charge in [-0.05, 0) is 18.2 Å². The Kier molecular flexibility index (Phi) is 4.07. The molecule has 0 atom stereocenters. The minimum atomic E-state index is -3.73. The first-order valence-corrected chi connectivity index (χ1v) is 7.58. The van der Waals surface area contributed by atoms with Gasteiger partial charge >= 0.3 is 0 Å². The molecule has 20 heavy (non-hydrogen) atoms. The summed E-state index contributed by atoms with van der Waals surface area (Å²) < 4.78 is 24.6. The summed E-state index contributed by atoms with van der Waals surface area (Å²) in [4.78, 5) is 4.40. The van der Waals surface area contributed by atoms with E-state index in [0.29, 0.717) is 24.6 Å². The van der Waals surface area contributed by atoms with Crippen LogP contribution in [0.4, 0.5) is 5.95 Å². The van der Waals surface area contributed by atoms with E-state index >= 15 is 0 Å². The third kappa shape index (κ3) is 2.82. The Balaban J connectivity index is 2.55. The average Bonchev–Trinajstić information content (AvgIpc) is 2.75. The second kappa shape index (κ2) is 5.61. The van der Waals surface area contributed by atoms with E-state index in [1.807, 2.05) is 16.7 Å². The van der Waals surface area contributed by atoms with Crippen LogP contribution in [0, 0.1) is 0 Å². The molecule has 2 rings (SSSR count). The predicted octanol–water partition coefficient (Wildman–Crippen LogP) is 0.240. The van der Waals surface area contributed by atoms with Gasteiger partial charge in [0.1, 0.15) is 0 Å². The van der Waals surface area contributed by atoms with Crippen molar-refractivity contribution in [3.8, 4) is 0 Å². The van der Waals surface area contributed by atoms with Crippen molar-refractivity contribution in [3.63, 3.8) is 0 Å². The lowest BCUT2D eigenvalue weighted by molar-refractivity contribution is 0.598. The summed E-state index contributed by atoms with van der Waals surface area (Å²) >= 11 is 0. The van der Waals surface area contributed by atoms with Crippen LogP contribution in [0.5, 0.6) is 0 Å². The highest BCUT2D eigenvalue weighted by atomic mass is 32.2. The Morgan fingerprint density at radius 3 is 2.75 bits per heavy atom. The number of imidazole rings is 1. The summed E-state index contributed by atoms with van der Waals surface area (Å²) in [6.45, 7) is 1.07. The first-order valence-electron chi connectivity index (χ1n) is 6.03. The quantitative estimate of drug-likeness (QED) is 0.683. The number of fused-ring (bicyclic) bond motifs is 1. The van der Waals surface area contributed by atoms with E-state index in [-0.39, 0.29) is 4.90 Å². The van der Waals surface area contributed by atoms with Crippen molar-refractivity contribution in [3.05, 3.63) is 30.4 Å². The van der Waals surface area contributed by atoms with Gasteiger partial charge in [0, 0.05) is 20.1 Å². The van der Waals surface area contributed by atoms with Gasteiger partial charge in [0.15, 0.2) is 0 Å². The van der Waals surface area contributed by atoms with E-state index in [1.54, 1.807) is 13.1 Å². The van der Waals surface area contributed by atoms with E-state index in [1.165, 1.54) is 12.1 Å². The molecular formula is C12H17N5O2S. The van der Waals surface area contributed by atoms with Crippen LogP contribution in [0.3, 0.4) is 0 Å². The summed E-state index contributed by atoms with van der Waals surface area (Å²) in [5.41, 5.74) is 6.80. The van der Waals surface area contributed by atoms with E-state index in [0.717, 1.165) is 5.52 Å². The molecule has 0 radical (unpaired) electrons. The molecule has 8 heteroatoms. The molecule has 0 aliphatic carbocycles. The zero-order chi connectivity index (χ0) is 14.8. The topological polar surface area (TPSA) is 116 Å². The lowest BCUT2D eigenvalue weighted by Crippen LogP contribution is -2.11. The number of nitrogens with zero attached hydrogens (tertiary/aromatic N) is 2. The maximum Gasteiger partial charge on any atom is 0.238 e. The highest BCUT2D eigenvalue weighted by Crippen LogP contribution is 2.22. The van der Waals surface area contributed by atoms with Crippen molar-refractivity contribution in [2.45, 2.75) is 11.4 Å². The Hall–Kier alpha value is -1.90. The fourth-order valence-corrected chi connectivity index (χ4v) is 2.47. The second-order valence-electron chi connectivity index (χ2n) is 4.20. The number of aromatic nitrogens is 2. The standard InChI is InChI=1S/C12H17N5O2S/c1-15-12-16-10-8-9(20(14,18)19)4-5-11(10)17(12)7-3-2-6-13/h2-5,8H,6-7,13H2,1H3,(H,15,16)(H2,14,18,19)/b3-2+. The Bertz CT molecular complexity index is 749. The summed E-state index contributed by atoms with van der Waals surface area (Å²) in [6, 6.07) is 4.63. The van der Waals surface area contributed by atoms with Crippen molar-refractivity contribution in [1.29, 1.82) is 0 Å². The van der Waals surface area contributed by atoms with E-state index < -0.39 is 10.0 Å². The normalized spacial score (nSPS) is 12.3. The van der Waals surface area contributed by atoms with Gasteiger partial charge in [-0.1, -0.05) is 12.2 Å². The number of allylic oxidation sites excluding steroid dienone is 1. The number of nitrogens with one attached hydrogen (secondary N) is 1. The summed E-state index contributed by atoms with van der Waals surface area (Å²) in [5.74, 6) is 0.647. The van der Waals surface area contributed by atoms with Gasteiger partial charge in [0.05, 0.1) is 15.9 Å². The van der Waals surface area contributed by atoms with E-state index in [9.17, 15) is 8.42 Å². The molecule has 0 spiro atoms. The Morgan fingerprint density at radius 2 is 2.15 bits per heavy atom. The molecule has 0 unspecified atom stereocenters. The predicted molar refractivity (Wildman–Crippen MR) is 78.8 cm³/mol. The van der Waals surface area contributed by atoms with Crippen molar-refractivity contribution < 1.29 is 8.42 Å². The van der Waals surface area contributed by atoms with Gasteiger partial charge in [0.25, 0.3) is 0 Å². The smallest absolute Gasteiger partial charge is 0.238 e. The summed E-state index contributed by atoms with van der Waals surface area (Å²) in [6.07, 6.45) is 3.78.